The van der Waals surface area contributed by atoms with Crippen LogP contribution in [0.4, 0.5) is 13.2 Å². The second-order valence-corrected chi connectivity index (χ2v) is 7.68. The molecule has 0 radical (unpaired) electrons. The predicted octanol–water partition coefficient (Wildman–Crippen LogP) is 1.58. The summed E-state index contributed by atoms with van der Waals surface area (Å²) in [7, 11) is 0. The van der Waals surface area contributed by atoms with Crippen LogP contribution in [-0.4, -0.2) is 28.2 Å². The number of nitrogens with zero attached hydrogens (tertiary/aromatic N) is 1. The number of benzene rings is 1. The lowest BCUT2D eigenvalue weighted by Crippen LogP contribution is -2.46. The van der Waals surface area contributed by atoms with Crippen molar-refractivity contribution in [1.82, 2.24) is 10.4 Å². The first kappa shape index (κ1) is 18.7. The minimum atomic E-state index is -4.50. The molecule has 3 N–H and O–H groups in total. The van der Waals surface area contributed by atoms with Crippen molar-refractivity contribution >= 4 is 17.7 Å². The molecule has 0 spiro atoms. The van der Waals surface area contributed by atoms with Crippen LogP contribution < -0.4 is 5.43 Å². The van der Waals surface area contributed by atoms with Crippen molar-refractivity contribution in [2.24, 2.45) is 35.5 Å². The number of carbonyl (C=O) groups excluding carboxylic acids is 3. The highest BCUT2D eigenvalue weighted by Crippen LogP contribution is 2.65. The van der Waals surface area contributed by atoms with E-state index in [0.717, 1.165) is 35.7 Å². The third-order valence-electron chi connectivity index (χ3n) is 6.35. The average molecular weight is 394 g/mol. The van der Waals surface area contributed by atoms with E-state index in [4.69, 9.17) is 0 Å². The molecule has 6 atom stereocenters. The Bertz CT molecular complexity index is 859. The molecule has 148 valence electrons. The van der Waals surface area contributed by atoms with E-state index in [-0.39, 0.29) is 22.9 Å². The van der Waals surface area contributed by atoms with Gasteiger partial charge in [0, 0.05) is 5.56 Å². The highest BCUT2D eigenvalue weighted by atomic mass is 19.4. The zero-order valence-corrected chi connectivity index (χ0v) is 14.4. The Labute approximate surface area is 157 Å². The van der Waals surface area contributed by atoms with E-state index in [0.29, 0.717) is 11.8 Å². The van der Waals surface area contributed by atoms with Crippen molar-refractivity contribution in [2.45, 2.75) is 12.6 Å². The smallest absolute Gasteiger partial charge is 0.412 e. The number of nitrogens with one attached hydrogen (secondary N) is 1. The fourth-order valence-electron chi connectivity index (χ4n) is 5.04. The molecule has 1 aromatic carbocycles. The number of alkyl halides is 3. The van der Waals surface area contributed by atoms with Crippen molar-refractivity contribution in [3.05, 3.63) is 47.5 Å². The van der Waals surface area contributed by atoms with Crippen LogP contribution in [0.1, 0.15) is 22.3 Å². The van der Waals surface area contributed by atoms with E-state index >= 15 is 0 Å². The summed E-state index contributed by atoms with van der Waals surface area (Å²) in [4.78, 5) is 37.9. The van der Waals surface area contributed by atoms with Gasteiger partial charge < -0.3 is 5.48 Å². The van der Waals surface area contributed by atoms with Crippen LogP contribution in [-0.2, 0) is 15.8 Å². The molecule has 1 heterocycles. The van der Waals surface area contributed by atoms with Crippen LogP contribution in [0, 0.1) is 35.5 Å². The Hall–Kier alpha value is -2.68. The summed E-state index contributed by atoms with van der Waals surface area (Å²) in [5.74, 6) is -1.54. The molecule has 6 rings (SSSR count). The molecule has 9 heteroatoms. The van der Waals surface area contributed by atoms with Crippen molar-refractivity contribution in [2.75, 3.05) is 0 Å². The predicted molar refractivity (Wildman–Crippen MR) is 89.1 cm³/mol. The van der Waals surface area contributed by atoms with Crippen molar-refractivity contribution in [3.8, 4) is 0 Å². The van der Waals surface area contributed by atoms with E-state index in [1.54, 1.807) is 0 Å². The lowest BCUT2D eigenvalue weighted by Gasteiger charge is -2.37. The van der Waals surface area contributed by atoms with Crippen LogP contribution >= 0.6 is 0 Å². The number of hydrogen-bond donors (Lipinski definition) is 1. The van der Waals surface area contributed by atoms with Crippen LogP contribution in [0.15, 0.2) is 36.4 Å². The normalized spacial score (nSPS) is 34.6. The van der Waals surface area contributed by atoms with Gasteiger partial charge in [0.2, 0.25) is 0 Å². The SMILES string of the molecule is O.O=C(NN1C(=O)[C@@H]2[C@@H]3C=C[C@@H]([C@H]4C[C@@H]34)[C@@H]2C1=O)c1ccc(C(F)(F)F)cc1. The third-order valence-corrected chi connectivity index (χ3v) is 6.35. The molecule has 2 saturated carbocycles. The Morgan fingerprint density at radius 2 is 1.46 bits per heavy atom. The van der Waals surface area contributed by atoms with E-state index in [1.807, 2.05) is 12.2 Å². The molecule has 3 fully saturated rings. The summed E-state index contributed by atoms with van der Waals surface area (Å²) in [6.45, 7) is 0. The van der Waals surface area contributed by atoms with Gasteiger partial charge in [-0.2, -0.15) is 18.2 Å². The first-order valence-corrected chi connectivity index (χ1v) is 8.82. The minimum absolute atomic E-state index is 0. The van der Waals surface area contributed by atoms with Crippen LogP contribution in [0.2, 0.25) is 0 Å². The quantitative estimate of drug-likeness (QED) is 0.609. The number of allylic oxidation sites excluding steroid dienone is 2. The number of hydrogen-bond acceptors (Lipinski definition) is 3. The zero-order valence-electron chi connectivity index (χ0n) is 14.4. The summed E-state index contributed by atoms with van der Waals surface area (Å²) < 4.78 is 37.9. The molecular formula is C19H17F3N2O4. The highest BCUT2D eigenvalue weighted by molar-refractivity contribution is 6.08. The molecule has 2 bridgehead atoms. The Morgan fingerprint density at radius 3 is 1.93 bits per heavy atom. The largest absolute Gasteiger partial charge is 0.416 e. The van der Waals surface area contributed by atoms with Crippen LogP contribution in [0.5, 0.6) is 0 Å². The summed E-state index contributed by atoms with van der Waals surface area (Å²) in [6, 6.07) is 3.63. The second kappa shape index (κ2) is 5.91. The van der Waals surface area contributed by atoms with E-state index in [9.17, 15) is 27.6 Å². The summed E-state index contributed by atoms with van der Waals surface area (Å²) >= 11 is 0. The van der Waals surface area contributed by atoms with Gasteiger partial charge >= 0.3 is 6.18 Å². The number of halogens is 3. The Balaban J connectivity index is 0.00000192. The zero-order chi connectivity index (χ0) is 19.1. The van der Waals surface area contributed by atoms with Gasteiger partial charge in [0.15, 0.2) is 0 Å². The molecule has 0 unspecified atom stereocenters. The van der Waals surface area contributed by atoms with E-state index < -0.39 is 41.3 Å². The van der Waals surface area contributed by atoms with Crippen molar-refractivity contribution in [3.63, 3.8) is 0 Å². The summed E-state index contributed by atoms with van der Waals surface area (Å²) in [5, 5.41) is 0.771. The maximum Gasteiger partial charge on any atom is 0.416 e. The lowest BCUT2D eigenvalue weighted by atomic mass is 9.63. The molecule has 4 aliphatic carbocycles. The minimum Gasteiger partial charge on any atom is -0.412 e. The molecule has 6 nitrogen and oxygen atoms in total. The first-order chi connectivity index (χ1) is 12.8. The molecule has 1 aliphatic heterocycles. The average Bonchev–Trinajstić information content (AvgIpc) is 3.42. The molecule has 0 aromatic heterocycles. The Morgan fingerprint density at radius 1 is 0.964 bits per heavy atom. The summed E-state index contributed by atoms with van der Waals surface area (Å²) in [6.07, 6.45) is 0.575. The maximum atomic E-state index is 12.8. The van der Waals surface area contributed by atoms with Gasteiger partial charge in [-0.1, -0.05) is 12.2 Å². The second-order valence-electron chi connectivity index (χ2n) is 7.68. The number of hydrazine groups is 1. The monoisotopic (exact) mass is 394 g/mol. The Kier molecular flexibility index (Phi) is 3.94. The number of carbonyl (C=O) groups is 3. The van der Waals surface area contributed by atoms with Gasteiger partial charge in [-0.3, -0.25) is 19.8 Å². The van der Waals surface area contributed by atoms with Crippen LogP contribution in [0.25, 0.3) is 0 Å². The first-order valence-electron chi connectivity index (χ1n) is 8.82. The number of amides is 3. The van der Waals surface area contributed by atoms with Gasteiger partial charge in [0.05, 0.1) is 17.4 Å². The van der Waals surface area contributed by atoms with Crippen LogP contribution in [0.3, 0.4) is 0 Å². The summed E-state index contributed by atoms with van der Waals surface area (Å²) in [5.41, 5.74) is 1.37. The lowest BCUT2D eigenvalue weighted by molar-refractivity contribution is -0.143. The third kappa shape index (κ3) is 2.49. The van der Waals surface area contributed by atoms with E-state index in [1.165, 1.54) is 0 Å². The fraction of sp³-hybridized carbons (Fsp3) is 0.421. The number of imide groups is 1. The van der Waals surface area contributed by atoms with E-state index in [2.05, 4.69) is 5.43 Å². The standard InChI is InChI=1S/C19H15F3N2O3.H2O/c20-19(21,22)9-3-1-8(2-4-9)16(25)23-24-17(26)14-10-5-6-11(13-7-12(10)13)15(14)18(24)27;/h1-6,10-15H,7H2,(H,23,25);1H2/t10-,11+,12+,13-,14-,15+;. The molecule has 3 amide bonds. The molecule has 1 saturated heterocycles. The number of rotatable bonds is 2. The van der Waals surface area contributed by atoms with Crippen molar-refractivity contribution in [1.29, 1.82) is 0 Å². The van der Waals surface area contributed by atoms with Crippen molar-refractivity contribution < 1.29 is 33.0 Å². The molecule has 5 aliphatic rings. The van der Waals surface area contributed by atoms with Gasteiger partial charge in [-0.15, -0.1) is 0 Å². The highest BCUT2D eigenvalue weighted by Gasteiger charge is 2.67. The molecular weight excluding hydrogens is 377 g/mol. The topological polar surface area (TPSA) is 98.0 Å². The van der Waals surface area contributed by atoms with Gasteiger partial charge in [0.1, 0.15) is 0 Å². The van der Waals surface area contributed by atoms with Gasteiger partial charge in [-0.05, 0) is 54.4 Å². The molecule has 1 aromatic rings. The maximum absolute atomic E-state index is 12.8. The van der Waals surface area contributed by atoms with Gasteiger partial charge in [-0.25, -0.2) is 0 Å². The fourth-order valence-corrected chi connectivity index (χ4v) is 5.04. The molecule has 28 heavy (non-hydrogen) atoms. The van der Waals surface area contributed by atoms with Gasteiger partial charge in [0.25, 0.3) is 17.7 Å².